The summed E-state index contributed by atoms with van der Waals surface area (Å²) in [5.41, 5.74) is 3.46. The fraction of sp³-hybridized carbons (Fsp3) is 0.280. The van der Waals surface area contributed by atoms with Crippen LogP contribution in [0.3, 0.4) is 0 Å². The fourth-order valence-corrected chi connectivity index (χ4v) is 5.70. The van der Waals surface area contributed by atoms with Crippen LogP contribution < -0.4 is 0 Å². The average Bonchev–Trinajstić information content (AvgIpc) is 3.55. The molecule has 5 rings (SSSR count). The van der Waals surface area contributed by atoms with Crippen molar-refractivity contribution in [2.75, 3.05) is 26.2 Å². The second kappa shape index (κ2) is 10.6. The molecule has 2 amide bonds. The number of amides is 2. The lowest BCUT2D eigenvalue weighted by atomic mass is 10.2. The molecule has 1 aliphatic heterocycles. The Bertz CT molecular complexity index is 1360. The summed E-state index contributed by atoms with van der Waals surface area (Å²) >= 11 is 2.99. The van der Waals surface area contributed by atoms with E-state index >= 15 is 0 Å². The predicted octanol–water partition coefficient (Wildman–Crippen LogP) is 3.69. The fourth-order valence-electron chi connectivity index (χ4n) is 3.96. The Labute approximate surface area is 217 Å². The van der Waals surface area contributed by atoms with Crippen molar-refractivity contribution >= 4 is 34.9 Å². The maximum atomic E-state index is 12.9. The third-order valence-corrected chi connectivity index (χ3v) is 7.92. The molecule has 1 fully saturated rings. The van der Waals surface area contributed by atoms with Gasteiger partial charge in [0.2, 0.25) is 5.91 Å². The van der Waals surface area contributed by atoms with Crippen LogP contribution in [-0.4, -0.2) is 72.5 Å². The number of hydrogen-bond donors (Lipinski definition) is 0. The number of nitrogens with zero attached hydrogens (tertiary/aromatic N) is 7. The molecule has 3 aromatic heterocycles. The molecule has 0 N–H and O–H groups in total. The van der Waals surface area contributed by atoms with Gasteiger partial charge < -0.3 is 9.80 Å². The lowest BCUT2D eigenvalue weighted by Gasteiger charge is -2.33. The predicted molar refractivity (Wildman–Crippen MR) is 139 cm³/mol. The van der Waals surface area contributed by atoms with Crippen LogP contribution in [0.25, 0.3) is 17.1 Å². The maximum absolute atomic E-state index is 12.9. The molecule has 11 heteroatoms. The SMILES string of the molecule is CC(=O)N1CCN(C(=O)c2csc(CSc3nnc(-c4cccnc4)n3-c3ccc(C)cc3)n2)CC1. The van der Waals surface area contributed by atoms with E-state index in [0.29, 0.717) is 43.5 Å². The number of thioether (sulfide) groups is 1. The van der Waals surface area contributed by atoms with Gasteiger partial charge in [0.1, 0.15) is 10.7 Å². The van der Waals surface area contributed by atoms with E-state index in [0.717, 1.165) is 21.4 Å². The Morgan fingerprint density at radius 1 is 1.03 bits per heavy atom. The van der Waals surface area contributed by atoms with Gasteiger partial charge in [-0.25, -0.2) is 4.98 Å². The van der Waals surface area contributed by atoms with Crippen LogP contribution in [0.5, 0.6) is 0 Å². The van der Waals surface area contributed by atoms with E-state index in [4.69, 9.17) is 0 Å². The van der Waals surface area contributed by atoms with Gasteiger partial charge in [-0.15, -0.1) is 21.5 Å². The van der Waals surface area contributed by atoms with E-state index in [2.05, 4.69) is 51.4 Å². The Morgan fingerprint density at radius 3 is 2.47 bits per heavy atom. The Morgan fingerprint density at radius 2 is 1.78 bits per heavy atom. The minimum Gasteiger partial charge on any atom is -0.339 e. The third kappa shape index (κ3) is 5.17. The minimum absolute atomic E-state index is 0.0419. The molecular weight excluding hydrogens is 494 g/mol. The normalized spacial score (nSPS) is 13.7. The highest BCUT2D eigenvalue weighted by Crippen LogP contribution is 2.30. The first-order chi connectivity index (χ1) is 17.5. The molecule has 0 radical (unpaired) electrons. The molecule has 4 aromatic rings. The molecule has 0 spiro atoms. The summed E-state index contributed by atoms with van der Waals surface area (Å²) < 4.78 is 2.02. The highest BCUT2D eigenvalue weighted by Gasteiger charge is 2.25. The van der Waals surface area contributed by atoms with Gasteiger partial charge in [0, 0.05) is 62.1 Å². The molecule has 0 atom stereocenters. The molecule has 4 heterocycles. The van der Waals surface area contributed by atoms with E-state index in [1.165, 1.54) is 28.7 Å². The van der Waals surface area contributed by atoms with Crippen LogP contribution in [0.1, 0.15) is 28.0 Å². The summed E-state index contributed by atoms with van der Waals surface area (Å²) in [6.45, 7) is 5.77. The summed E-state index contributed by atoms with van der Waals surface area (Å²) in [5, 5.41) is 12.3. The van der Waals surface area contributed by atoms with Crippen molar-refractivity contribution < 1.29 is 9.59 Å². The van der Waals surface area contributed by atoms with Gasteiger partial charge >= 0.3 is 0 Å². The maximum Gasteiger partial charge on any atom is 0.273 e. The van der Waals surface area contributed by atoms with Crippen molar-refractivity contribution in [3.63, 3.8) is 0 Å². The molecule has 1 aliphatic rings. The summed E-state index contributed by atoms with van der Waals surface area (Å²) in [6, 6.07) is 12.1. The number of aryl methyl sites for hydroxylation is 1. The van der Waals surface area contributed by atoms with Crippen LogP contribution in [0.2, 0.25) is 0 Å². The molecule has 9 nitrogen and oxygen atoms in total. The summed E-state index contributed by atoms with van der Waals surface area (Å²) in [6.07, 6.45) is 3.51. The molecule has 1 saturated heterocycles. The quantitative estimate of drug-likeness (QED) is 0.359. The third-order valence-electron chi connectivity index (χ3n) is 5.95. The van der Waals surface area contributed by atoms with Crippen LogP contribution in [0, 0.1) is 6.92 Å². The van der Waals surface area contributed by atoms with Crippen LogP contribution in [0.15, 0.2) is 59.3 Å². The largest absolute Gasteiger partial charge is 0.339 e. The van der Waals surface area contributed by atoms with Crippen molar-refractivity contribution in [2.24, 2.45) is 0 Å². The summed E-state index contributed by atoms with van der Waals surface area (Å²) in [5.74, 6) is 1.23. The monoisotopic (exact) mass is 519 g/mol. The number of hydrogen-bond acceptors (Lipinski definition) is 8. The first-order valence-electron chi connectivity index (χ1n) is 11.5. The van der Waals surface area contributed by atoms with Gasteiger partial charge in [-0.2, -0.15) is 0 Å². The molecule has 0 bridgehead atoms. The molecule has 0 saturated carbocycles. The molecule has 1 aromatic carbocycles. The zero-order valence-corrected chi connectivity index (χ0v) is 21.6. The number of carbonyl (C=O) groups is 2. The van der Waals surface area contributed by atoms with Gasteiger partial charge in [-0.05, 0) is 31.2 Å². The summed E-state index contributed by atoms with van der Waals surface area (Å²) in [7, 11) is 0. The lowest BCUT2D eigenvalue weighted by molar-refractivity contribution is -0.130. The minimum atomic E-state index is -0.0904. The van der Waals surface area contributed by atoms with Gasteiger partial charge in [0.05, 0.1) is 5.75 Å². The van der Waals surface area contributed by atoms with Gasteiger partial charge in [-0.3, -0.25) is 19.1 Å². The molecule has 184 valence electrons. The molecule has 36 heavy (non-hydrogen) atoms. The van der Waals surface area contributed by atoms with Gasteiger partial charge in [-0.1, -0.05) is 29.5 Å². The van der Waals surface area contributed by atoms with E-state index in [1.54, 1.807) is 34.5 Å². The van der Waals surface area contributed by atoms with E-state index in [1.807, 2.05) is 16.7 Å². The first kappa shape index (κ1) is 24.1. The van der Waals surface area contributed by atoms with Crippen LogP contribution in [-0.2, 0) is 10.5 Å². The summed E-state index contributed by atoms with van der Waals surface area (Å²) in [4.78, 5) is 36.8. The molecular formula is C25H25N7O2S2. The van der Waals surface area contributed by atoms with Crippen molar-refractivity contribution in [1.82, 2.24) is 34.5 Å². The smallest absolute Gasteiger partial charge is 0.273 e. The second-order valence-electron chi connectivity index (χ2n) is 8.43. The van der Waals surface area contributed by atoms with E-state index < -0.39 is 0 Å². The number of benzene rings is 1. The molecule has 0 unspecified atom stereocenters. The number of aromatic nitrogens is 5. The van der Waals surface area contributed by atoms with Crippen LogP contribution in [0.4, 0.5) is 0 Å². The number of thiazole rings is 1. The molecule has 0 aliphatic carbocycles. The van der Waals surface area contributed by atoms with Crippen molar-refractivity contribution in [3.8, 4) is 17.1 Å². The number of piperazine rings is 1. The number of carbonyl (C=O) groups excluding carboxylic acids is 2. The second-order valence-corrected chi connectivity index (χ2v) is 10.3. The Balaban J connectivity index is 1.32. The highest BCUT2D eigenvalue weighted by molar-refractivity contribution is 7.98. The lowest BCUT2D eigenvalue weighted by Crippen LogP contribution is -2.50. The highest BCUT2D eigenvalue weighted by atomic mass is 32.2. The van der Waals surface area contributed by atoms with Crippen LogP contribution >= 0.6 is 23.1 Å². The zero-order chi connectivity index (χ0) is 25.1. The number of pyridine rings is 1. The topological polar surface area (TPSA) is 97.1 Å². The Kier molecular flexibility index (Phi) is 7.10. The van der Waals surface area contributed by atoms with E-state index in [-0.39, 0.29) is 11.8 Å². The van der Waals surface area contributed by atoms with Crippen molar-refractivity contribution in [1.29, 1.82) is 0 Å². The van der Waals surface area contributed by atoms with E-state index in [9.17, 15) is 9.59 Å². The van der Waals surface area contributed by atoms with Crippen molar-refractivity contribution in [3.05, 3.63) is 70.4 Å². The standard InChI is InChI=1S/C25H25N7O2S2/c1-17-5-7-20(8-6-17)32-23(19-4-3-9-26-14-19)28-29-25(32)36-16-22-27-21(15-35-22)24(34)31-12-10-30(11-13-31)18(2)33/h3-9,14-15H,10-13,16H2,1-2H3. The van der Waals surface area contributed by atoms with Crippen molar-refractivity contribution in [2.45, 2.75) is 24.8 Å². The van der Waals surface area contributed by atoms with Gasteiger partial charge in [0.15, 0.2) is 11.0 Å². The zero-order valence-electron chi connectivity index (χ0n) is 20.0. The number of rotatable bonds is 6. The van der Waals surface area contributed by atoms with Gasteiger partial charge in [0.25, 0.3) is 5.91 Å². The average molecular weight is 520 g/mol. The Hall–Kier alpha value is -3.57. The first-order valence-corrected chi connectivity index (χ1v) is 13.4.